The summed E-state index contributed by atoms with van der Waals surface area (Å²) in [6, 6.07) is 9.51. The largest absolute Gasteiger partial charge is 0.337 e. The first-order chi connectivity index (χ1) is 12.2. The van der Waals surface area contributed by atoms with Gasteiger partial charge in [-0.05, 0) is 17.1 Å². The van der Waals surface area contributed by atoms with Crippen LogP contribution in [0.3, 0.4) is 0 Å². The molecule has 0 aromatic heterocycles. The SMILES string of the molecule is [C-]#[N+]C1=C[C@]2(c3ccccc3)C(=O)N(CC(C)C)CC=C2C(C)(C)C1=O. The fraction of sp³-hybridized carbons (Fsp3) is 0.409. The van der Waals surface area contributed by atoms with Crippen LogP contribution in [0, 0.1) is 17.9 Å². The number of allylic oxidation sites excluding steroid dienone is 1. The Labute approximate surface area is 155 Å². The highest BCUT2D eigenvalue weighted by Gasteiger charge is 2.56. The van der Waals surface area contributed by atoms with Crippen LogP contribution in [0.1, 0.15) is 33.3 Å². The highest BCUT2D eigenvalue weighted by molar-refractivity contribution is 6.10. The summed E-state index contributed by atoms with van der Waals surface area (Å²) in [7, 11) is 0. The van der Waals surface area contributed by atoms with Crippen LogP contribution in [0.25, 0.3) is 4.85 Å². The zero-order chi connectivity index (χ0) is 19.1. The van der Waals surface area contributed by atoms with E-state index in [-0.39, 0.29) is 17.4 Å². The Bertz CT molecular complexity index is 856. The van der Waals surface area contributed by atoms with Crippen LogP contribution < -0.4 is 0 Å². The molecular formula is C22H24N2O2. The molecule has 0 fully saturated rings. The van der Waals surface area contributed by atoms with E-state index in [0.29, 0.717) is 19.0 Å². The quantitative estimate of drug-likeness (QED) is 0.616. The molecule has 0 spiro atoms. The molecule has 0 radical (unpaired) electrons. The van der Waals surface area contributed by atoms with Gasteiger partial charge in [-0.3, -0.25) is 4.79 Å². The maximum atomic E-state index is 13.7. The summed E-state index contributed by atoms with van der Waals surface area (Å²) >= 11 is 0. The third-order valence-electron chi connectivity index (χ3n) is 5.33. The van der Waals surface area contributed by atoms with Crippen LogP contribution in [0.4, 0.5) is 0 Å². The number of rotatable bonds is 3. The van der Waals surface area contributed by atoms with E-state index in [4.69, 9.17) is 6.57 Å². The fourth-order valence-corrected chi connectivity index (χ4v) is 4.16. The second kappa shape index (κ2) is 6.25. The van der Waals surface area contributed by atoms with Crippen molar-refractivity contribution in [2.24, 2.45) is 11.3 Å². The van der Waals surface area contributed by atoms with Gasteiger partial charge in [-0.25, -0.2) is 4.85 Å². The third-order valence-corrected chi connectivity index (χ3v) is 5.33. The Balaban J connectivity index is 2.32. The van der Waals surface area contributed by atoms with Gasteiger partial charge >= 0.3 is 0 Å². The van der Waals surface area contributed by atoms with Crippen LogP contribution in [-0.4, -0.2) is 29.7 Å². The standard InChI is InChI=1S/C22H24N2O2/c1-15(2)14-24-12-11-18-21(3,4)19(25)17(23-5)13-22(18,20(24)26)16-9-7-6-8-10-16/h6-11,13,15H,12,14H2,1-4H3/t22-/m1/s1. The summed E-state index contributed by atoms with van der Waals surface area (Å²) in [5.74, 6) is 0.0799. The zero-order valence-corrected chi connectivity index (χ0v) is 15.7. The van der Waals surface area contributed by atoms with Crippen LogP contribution in [0.5, 0.6) is 0 Å². The lowest BCUT2D eigenvalue weighted by Crippen LogP contribution is -2.57. The Morgan fingerprint density at radius 1 is 1.19 bits per heavy atom. The van der Waals surface area contributed by atoms with Gasteiger partial charge in [0.1, 0.15) is 5.41 Å². The number of amides is 1. The van der Waals surface area contributed by atoms with Crippen LogP contribution >= 0.6 is 0 Å². The Morgan fingerprint density at radius 3 is 2.42 bits per heavy atom. The van der Waals surface area contributed by atoms with Gasteiger partial charge in [0.05, 0.1) is 6.57 Å². The summed E-state index contributed by atoms with van der Waals surface area (Å²) in [5, 5.41) is 0. The number of nitrogens with zero attached hydrogens (tertiary/aromatic N) is 2. The molecule has 1 aliphatic carbocycles. The predicted octanol–water partition coefficient (Wildman–Crippen LogP) is 3.76. The third kappa shape index (κ3) is 2.50. The fourth-order valence-electron chi connectivity index (χ4n) is 4.16. The summed E-state index contributed by atoms with van der Waals surface area (Å²) in [6.07, 6.45) is 3.62. The molecule has 1 aromatic rings. The highest BCUT2D eigenvalue weighted by Crippen LogP contribution is 2.52. The predicted molar refractivity (Wildman–Crippen MR) is 101 cm³/mol. The minimum Gasteiger partial charge on any atom is -0.337 e. The maximum absolute atomic E-state index is 13.7. The van der Waals surface area contributed by atoms with E-state index in [2.05, 4.69) is 18.7 Å². The molecule has 1 heterocycles. The van der Waals surface area contributed by atoms with Crippen molar-refractivity contribution in [3.63, 3.8) is 0 Å². The van der Waals surface area contributed by atoms with Gasteiger partial charge < -0.3 is 9.69 Å². The molecule has 134 valence electrons. The summed E-state index contributed by atoms with van der Waals surface area (Å²) in [5.41, 5.74) is -0.309. The van der Waals surface area contributed by atoms with Crippen LogP contribution in [0.15, 0.2) is 53.8 Å². The van der Waals surface area contributed by atoms with Crippen LogP contribution in [-0.2, 0) is 15.0 Å². The van der Waals surface area contributed by atoms with E-state index in [0.717, 1.165) is 11.1 Å². The van der Waals surface area contributed by atoms with Gasteiger partial charge in [0.25, 0.3) is 0 Å². The van der Waals surface area contributed by atoms with Crippen molar-refractivity contribution in [1.29, 1.82) is 0 Å². The number of carbonyl (C=O) groups excluding carboxylic acids is 2. The van der Waals surface area contributed by atoms with Crippen molar-refractivity contribution < 1.29 is 9.59 Å². The molecule has 4 nitrogen and oxygen atoms in total. The smallest absolute Gasteiger partial charge is 0.240 e. The lowest BCUT2D eigenvalue weighted by Gasteiger charge is -2.49. The molecular weight excluding hydrogens is 324 g/mol. The lowest BCUT2D eigenvalue weighted by molar-refractivity contribution is -0.136. The maximum Gasteiger partial charge on any atom is 0.240 e. The number of ketones is 1. The van der Waals surface area contributed by atoms with Gasteiger partial charge in [-0.2, -0.15) is 0 Å². The molecule has 4 heteroatoms. The Morgan fingerprint density at radius 2 is 1.85 bits per heavy atom. The van der Waals surface area contributed by atoms with E-state index >= 15 is 0 Å². The number of hydrogen-bond donors (Lipinski definition) is 0. The Kier molecular flexibility index (Phi) is 4.36. The van der Waals surface area contributed by atoms with Crippen molar-refractivity contribution in [3.05, 3.63) is 70.7 Å². The molecule has 0 N–H and O–H groups in total. The van der Waals surface area contributed by atoms with Gasteiger partial charge in [-0.1, -0.05) is 70.2 Å². The molecule has 0 saturated heterocycles. The molecule has 0 saturated carbocycles. The van der Waals surface area contributed by atoms with Crippen molar-refractivity contribution in [3.8, 4) is 0 Å². The van der Waals surface area contributed by atoms with Crippen molar-refractivity contribution in [1.82, 2.24) is 4.90 Å². The number of Topliss-reactive ketones (excluding diaryl/α,β-unsaturated/α-hetero) is 1. The minimum absolute atomic E-state index is 0.0448. The normalized spacial score (nSPS) is 24.7. The van der Waals surface area contributed by atoms with Gasteiger partial charge in [0.15, 0.2) is 5.78 Å². The van der Waals surface area contributed by atoms with Crippen molar-refractivity contribution in [2.75, 3.05) is 13.1 Å². The first-order valence-electron chi connectivity index (χ1n) is 8.96. The molecule has 1 amide bonds. The molecule has 3 rings (SSSR count). The van der Waals surface area contributed by atoms with E-state index in [9.17, 15) is 9.59 Å². The molecule has 1 atom stereocenters. The highest BCUT2D eigenvalue weighted by atomic mass is 16.2. The molecule has 1 aromatic carbocycles. The number of carbonyl (C=O) groups is 2. The average Bonchev–Trinajstić information content (AvgIpc) is 2.61. The molecule has 26 heavy (non-hydrogen) atoms. The molecule has 1 aliphatic heterocycles. The minimum atomic E-state index is -1.08. The summed E-state index contributed by atoms with van der Waals surface area (Å²) < 4.78 is 0. The molecule has 0 bridgehead atoms. The second-order valence-corrected chi connectivity index (χ2v) is 7.99. The van der Waals surface area contributed by atoms with Crippen molar-refractivity contribution in [2.45, 2.75) is 33.1 Å². The molecule has 2 aliphatic rings. The van der Waals surface area contributed by atoms with E-state index < -0.39 is 10.8 Å². The van der Waals surface area contributed by atoms with E-state index in [1.807, 2.05) is 55.2 Å². The summed E-state index contributed by atoms with van der Waals surface area (Å²) in [6.45, 7) is 16.4. The topological polar surface area (TPSA) is 41.7 Å². The lowest BCUT2D eigenvalue weighted by atomic mass is 9.57. The first kappa shape index (κ1) is 18.1. The molecule has 0 unspecified atom stereocenters. The average molecular weight is 348 g/mol. The van der Waals surface area contributed by atoms with Crippen LogP contribution in [0.2, 0.25) is 0 Å². The zero-order valence-electron chi connectivity index (χ0n) is 15.7. The number of benzene rings is 1. The van der Waals surface area contributed by atoms with Gasteiger partial charge in [0.2, 0.25) is 11.6 Å². The van der Waals surface area contributed by atoms with Gasteiger partial charge in [-0.15, -0.1) is 0 Å². The second-order valence-electron chi connectivity index (χ2n) is 7.99. The summed E-state index contributed by atoms with van der Waals surface area (Å²) in [4.78, 5) is 31.8. The van der Waals surface area contributed by atoms with E-state index in [1.165, 1.54) is 0 Å². The Hall–Kier alpha value is -2.67. The monoisotopic (exact) mass is 348 g/mol. The van der Waals surface area contributed by atoms with Gasteiger partial charge in [0, 0.05) is 18.5 Å². The number of hydrogen-bond acceptors (Lipinski definition) is 2. The first-order valence-corrected chi connectivity index (χ1v) is 8.96. The van der Waals surface area contributed by atoms with Crippen molar-refractivity contribution >= 4 is 11.7 Å². The number of fused-ring (bicyclic) bond motifs is 1. The van der Waals surface area contributed by atoms with E-state index in [1.54, 1.807) is 6.08 Å².